The van der Waals surface area contributed by atoms with Gasteiger partial charge in [0.1, 0.15) is 11.9 Å². The fraction of sp³-hybridized carbons (Fsp3) is 0.455. The number of aromatic nitrogens is 2. The Morgan fingerprint density at radius 2 is 1.80 bits per heavy atom. The van der Waals surface area contributed by atoms with Gasteiger partial charge in [-0.2, -0.15) is 0 Å². The van der Waals surface area contributed by atoms with Crippen LogP contribution in [-0.2, 0) is 16.0 Å². The summed E-state index contributed by atoms with van der Waals surface area (Å²) in [5.41, 5.74) is 2.26. The number of nitrogens with zero attached hydrogens (tertiary/aromatic N) is 3. The number of amides is 2. The largest absolute Gasteiger partial charge is 0.351 e. The van der Waals surface area contributed by atoms with Crippen molar-refractivity contribution in [3.63, 3.8) is 0 Å². The summed E-state index contributed by atoms with van der Waals surface area (Å²) in [6, 6.07) is 7.39. The molecule has 1 aliphatic rings. The second-order valence-electron chi connectivity index (χ2n) is 7.77. The Bertz CT molecular complexity index is 892. The number of hydrogen-bond donors (Lipinski definition) is 2. The van der Waals surface area contributed by atoms with Crippen molar-refractivity contribution in [2.45, 2.75) is 52.1 Å². The number of halogens is 1. The Kier molecular flexibility index (Phi) is 6.97. The van der Waals surface area contributed by atoms with Gasteiger partial charge in [-0.05, 0) is 44.4 Å². The first kappa shape index (κ1) is 21.7. The molecule has 1 aliphatic heterocycles. The molecule has 0 bridgehead atoms. The van der Waals surface area contributed by atoms with E-state index in [1.54, 1.807) is 18.2 Å². The molecule has 0 radical (unpaired) electrons. The first-order valence-corrected chi connectivity index (χ1v) is 10.2. The number of carbonyl (C=O) groups is 2. The highest BCUT2D eigenvalue weighted by Crippen LogP contribution is 2.18. The molecule has 2 N–H and O–H groups in total. The average molecular weight is 413 g/mol. The molecular weight excluding hydrogens is 385 g/mol. The quantitative estimate of drug-likeness (QED) is 0.757. The molecule has 1 aromatic heterocycles. The van der Waals surface area contributed by atoms with Gasteiger partial charge in [0.25, 0.3) is 0 Å². The number of carbonyl (C=O) groups excluding carboxylic acids is 2. The Balaban J connectivity index is 1.59. The van der Waals surface area contributed by atoms with Crippen LogP contribution in [0.2, 0.25) is 0 Å². The highest BCUT2D eigenvalue weighted by Gasteiger charge is 2.27. The van der Waals surface area contributed by atoms with Crippen molar-refractivity contribution in [3.05, 3.63) is 53.1 Å². The van der Waals surface area contributed by atoms with E-state index in [0.29, 0.717) is 11.5 Å². The van der Waals surface area contributed by atoms with Gasteiger partial charge in [-0.3, -0.25) is 9.59 Å². The molecule has 1 atom stereocenters. The Morgan fingerprint density at radius 3 is 2.40 bits per heavy atom. The third-order valence-electron chi connectivity index (χ3n) is 5.17. The summed E-state index contributed by atoms with van der Waals surface area (Å²) in [6.07, 6.45) is 1.59. The number of anilines is 1. The number of benzene rings is 1. The maximum atomic E-state index is 14.0. The summed E-state index contributed by atoms with van der Waals surface area (Å²) in [4.78, 5) is 35.5. The van der Waals surface area contributed by atoms with Crippen LogP contribution in [-0.4, -0.2) is 47.0 Å². The summed E-state index contributed by atoms with van der Waals surface area (Å²) in [5.74, 6) is -0.293. The molecular formula is C22H28FN5O2. The molecule has 0 aliphatic carbocycles. The molecule has 1 aromatic carbocycles. The van der Waals surface area contributed by atoms with Gasteiger partial charge in [-0.15, -0.1) is 0 Å². The number of aryl methyl sites for hydroxylation is 2. The minimum atomic E-state index is -0.819. The van der Waals surface area contributed by atoms with Crippen molar-refractivity contribution in [3.8, 4) is 0 Å². The second-order valence-corrected chi connectivity index (χ2v) is 7.77. The fourth-order valence-electron chi connectivity index (χ4n) is 3.71. The van der Waals surface area contributed by atoms with Crippen molar-refractivity contribution < 1.29 is 14.0 Å². The second kappa shape index (κ2) is 9.65. The van der Waals surface area contributed by atoms with Crippen LogP contribution >= 0.6 is 0 Å². The van der Waals surface area contributed by atoms with Crippen LogP contribution in [0.25, 0.3) is 0 Å². The SMILES string of the molecule is CC(=O)NC(Cc1ccccc1F)C(=O)NC1CCN(c2nc(C)cc(C)n2)CC1. The van der Waals surface area contributed by atoms with E-state index in [-0.39, 0.29) is 30.1 Å². The first-order valence-electron chi connectivity index (χ1n) is 10.2. The van der Waals surface area contributed by atoms with Gasteiger partial charge < -0.3 is 15.5 Å². The third kappa shape index (κ3) is 5.75. The summed E-state index contributed by atoms with van der Waals surface area (Å²) in [5, 5.41) is 5.66. The monoisotopic (exact) mass is 413 g/mol. The summed E-state index contributed by atoms with van der Waals surface area (Å²) in [7, 11) is 0. The Hall–Kier alpha value is -3.03. The van der Waals surface area contributed by atoms with Crippen LogP contribution in [0, 0.1) is 19.7 Å². The van der Waals surface area contributed by atoms with E-state index < -0.39 is 6.04 Å². The maximum absolute atomic E-state index is 14.0. The Labute approximate surface area is 176 Å². The summed E-state index contributed by atoms with van der Waals surface area (Å²) in [6.45, 7) is 6.70. The van der Waals surface area contributed by atoms with Gasteiger partial charge in [0.05, 0.1) is 0 Å². The first-order chi connectivity index (χ1) is 14.3. The smallest absolute Gasteiger partial charge is 0.243 e. The van der Waals surface area contributed by atoms with E-state index >= 15 is 0 Å². The predicted octanol–water partition coefficient (Wildman–Crippen LogP) is 2.06. The van der Waals surface area contributed by atoms with Gasteiger partial charge in [-0.25, -0.2) is 14.4 Å². The zero-order valence-electron chi connectivity index (χ0n) is 17.6. The topological polar surface area (TPSA) is 87.2 Å². The van der Waals surface area contributed by atoms with Crippen LogP contribution < -0.4 is 15.5 Å². The van der Waals surface area contributed by atoms with Gasteiger partial charge in [0.2, 0.25) is 17.8 Å². The lowest BCUT2D eigenvalue weighted by Gasteiger charge is -2.33. The van der Waals surface area contributed by atoms with Crippen molar-refractivity contribution >= 4 is 17.8 Å². The lowest BCUT2D eigenvalue weighted by molar-refractivity contribution is -0.128. The van der Waals surface area contributed by atoms with Crippen LogP contribution in [0.3, 0.4) is 0 Å². The van der Waals surface area contributed by atoms with E-state index in [2.05, 4.69) is 25.5 Å². The van der Waals surface area contributed by atoms with Crippen molar-refractivity contribution in [2.24, 2.45) is 0 Å². The normalized spacial score (nSPS) is 15.5. The Morgan fingerprint density at radius 1 is 1.17 bits per heavy atom. The molecule has 2 heterocycles. The average Bonchev–Trinajstić information content (AvgIpc) is 2.68. The zero-order valence-corrected chi connectivity index (χ0v) is 17.6. The highest BCUT2D eigenvalue weighted by molar-refractivity contribution is 5.87. The van der Waals surface area contributed by atoms with E-state index in [9.17, 15) is 14.0 Å². The van der Waals surface area contributed by atoms with E-state index in [4.69, 9.17) is 0 Å². The molecule has 0 saturated carbocycles. The van der Waals surface area contributed by atoms with E-state index in [1.807, 2.05) is 19.9 Å². The zero-order chi connectivity index (χ0) is 21.7. The molecule has 160 valence electrons. The lowest BCUT2D eigenvalue weighted by atomic mass is 10.0. The molecule has 30 heavy (non-hydrogen) atoms. The molecule has 2 amide bonds. The molecule has 1 unspecified atom stereocenters. The predicted molar refractivity (Wildman–Crippen MR) is 113 cm³/mol. The molecule has 8 heteroatoms. The van der Waals surface area contributed by atoms with Crippen LogP contribution in [0.15, 0.2) is 30.3 Å². The number of nitrogens with one attached hydrogen (secondary N) is 2. The van der Waals surface area contributed by atoms with Crippen LogP contribution in [0.1, 0.15) is 36.7 Å². The molecule has 0 spiro atoms. The van der Waals surface area contributed by atoms with Crippen LogP contribution in [0.5, 0.6) is 0 Å². The minimum Gasteiger partial charge on any atom is -0.351 e. The van der Waals surface area contributed by atoms with Gasteiger partial charge in [-0.1, -0.05) is 18.2 Å². The molecule has 1 fully saturated rings. The standard InChI is InChI=1S/C22H28FN5O2/c1-14-12-15(2)25-22(24-14)28-10-8-18(9-11-28)27-21(30)20(26-16(3)29)13-17-6-4-5-7-19(17)23/h4-7,12,18,20H,8-11,13H2,1-3H3,(H,26,29)(H,27,30). The van der Waals surface area contributed by atoms with Gasteiger partial charge in [0, 0.05) is 43.9 Å². The molecule has 1 saturated heterocycles. The number of piperidine rings is 1. The molecule has 2 aromatic rings. The minimum absolute atomic E-state index is 0.0171. The lowest BCUT2D eigenvalue weighted by Crippen LogP contribution is -2.52. The maximum Gasteiger partial charge on any atom is 0.243 e. The number of hydrogen-bond acceptors (Lipinski definition) is 5. The van der Waals surface area contributed by atoms with E-state index in [1.165, 1.54) is 13.0 Å². The molecule has 3 rings (SSSR count). The van der Waals surface area contributed by atoms with Gasteiger partial charge >= 0.3 is 0 Å². The van der Waals surface area contributed by atoms with Crippen LogP contribution in [0.4, 0.5) is 10.3 Å². The van der Waals surface area contributed by atoms with Crippen molar-refractivity contribution in [1.29, 1.82) is 0 Å². The van der Waals surface area contributed by atoms with E-state index in [0.717, 1.165) is 37.3 Å². The number of rotatable bonds is 6. The summed E-state index contributed by atoms with van der Waals surface area (Å²) >= 11 is 0. The van der Waals surface area contributed by atoms with Gasteiger partial charge in [0.15, 0.2) is 0 Å². The molecule has 7 nitrogen and oxygen atoms in total. The fourth-order valence-corrected chi connectivity index (χ4v) is 3.71. The summed E-state index contributed by atoms with van der Waals surface area (Å²) < 4.78 is 14.0. The van der Waals surface area contributed by atoms with Crippen molar-refractivity contribution in [1.82, 2.24) is 20.6 Å². The third-order valence-corrected chi connectivity index (χ3v) is 5.17. The van der Waals surface area contributed by atoms with Crippen molar-refractivity contribution in [2.75, 3.05) is 18.0 Å². The highest BCUT2D eigenvalue weighted by atomic mass is 19.1.